The number of benzene rings is 2. The Kier molecular flexibility index (Phi) is 3.55. The molecule has 0 aliphatic carbocycles. The van der Waals surface area contributed by atoms with Crippen molar-refractivity contribution in [2.75, 3.05) is 0 Å². The zero-order valence-corrected chi connectivity index (χ0v) is 9.80. The lowest BCUT2D eigenvalue weighted by atomic mass is 9.96. The van der Waals surface area contributed by atoms with Gasteiger partial charge in [0.1, 0.15) is 0 Å². The summed E-state index contributed by atoms with van der Waals surface area (Å²) in [5.41, 5.74) is 3.94. The second-order valence-corrected chi connectivity index (χ2v) is 3.81. The molecular weight excluding hydrogens is 210 g/mol. The highest BCUT2D eigenvalue weighted by molar-refractivity contribution is 6.05. The van der Waals surface area contributed by atoms with E-state index in [-0.39, 0.29) is 0 Å². The largest absolute Gasteiger partial charge is 0.411 e. The van der Waals surface area contributed by atoms with Crippen LogP contribution < -0.4 is 0 Å². The van der Waals surface area contributed by atoms with Crippen molar-refractivity contribution < 1.29 is 5.21 Å². The Bertz CT molecular complexity index is 517. The van der Waals surface area contributed by atoms with Crippen LogP contribution in [0.1, 0.15) is 18.9 Å². The zero-order valence-electron chi connectivity index (χ0n) is 9.80. The van der Waals surface area contributed by atoms with Gasteiger partial charge in [0, 0.05) is 5.56 Å². The Morgan fingerprint density at radius 2 is 1.65 bits per heavy atom. The van der Waals surface area contributed by atoms with E-state index in [1.165, 1.54) is 0 Å². The van der Waals surface area contributed by atoms with E-state index in [9.17, 15) is 0 Å². The maximum atomic E-state index is 9.04. The van der Waals surface area contributed by atoms with Gasteiger partial charge in [-0.1, -0.05) is 66.7 Å². The van der Waals surface area contributed by atoms with Gasteiger partial charge < -0.3 is 5.21 Å². The summed E-state index contributed by atoms with van der Waals surface area (Å²) in [6.45, 7) is 1.98. The topological polar surface area (TPSA) is 32.6 Å². The first-order chi connectivity index (χ1) is 8.36. The SMILES string of the molecule is CCC(=NO)c1ccccc1-c1ccccc1. The van der Waals surface area contributed by atoms with E-state index >= 15 is 0 Å². The van der Waals surface area contributed by atoms with Crippen molar-refractivity contribution in [1.82, 2.24) is 0 Å². The standard InChI is InChI=1S/C15H15NO/c1-2-15(16-17)14-11-7-6-10-13(14)12-8-4-3-5-9-12/h3-11,17H,2H2,1H3. The second kappa shape index (κ2) is 5.30. The van der Waals surface area contributed by atoms with Gasteiger partial charge in [-0.05, 0) is 17.5 Å². The predicted molar refractivity (Wildman–Crippen MR) is 70.5 cm³/mol. The van der Waals surface area contributed by atoms with E-state index < -0.39 is 0 Å². The van der Waals surface area contributed by atoms with Crippen LogP contribution in [0.3, 0.4) is 0 Å². The van der Waals surface area contributed by atoms with E-state index in [2.05, 4.69) is 17.3 Å². The highest BCUT2D eigenvalue weighted by Crippen LogP contribution is 2.24. The minimum atomic E-state index is 0.709. The molecule has 0 spiro atoms. The average molecular weight is 225 g/mol. The van der Waals surface area contributed by atoms with E-state index in [0.29, 0.717) is 12.1 Å². The van der Waals surface area contributed by atoms with Crippen LogP contribution in [0, 0.1) is 0 Å². The van der Waals surface area contributed by atoms with Crippen LogP contribution in [0.4, 0.5) is 0 Å². The Morgan fingerprint density at radius 3 is 2.29 bits per heavy atom. The van der Waals surface area contributed by atoms with Crippen molar-refractivity contribution in [2.45, 2.75) is 13.3 Å². The van der Waals surface area contributed by atoms with Crippen LogP contribution >= 0.6 is 0 Å². The number of rotatable bonds is 3. The monoisotopic (exact) mass is 225 g/mol. The molecule has 2 rings (SSSR count). The molecule has 86 valence electrons. The summed E-state index contributed by atoms with van der Waals surface area (Å²) in [6, 6.07) is 18.1. The normalized spacial score (nSPS) is 11.5. The molecule has 0 aliphatic heterocycles. The minimum absolute atomic E-state index is 0.709. The lowest BCUT2D eigenvalue weighted by Gasteiger charge is -2.09. The molecule has 0 fully saturated rings. The van der Waals surface area contributed by atoms with Crippen LogP contribution in [0.15, 0.2) is 59.8 Å². The molecule has 0 saturated heterocycles. The molecule has 0 aliphatic rings. The molecule has 0 radical (unpaired) electrons. The average Bonchev–Trinajstić information content (AvgIpc) is 2.42. The maximum absolute atomic E-state index is 9.04. The molecule has 2 heteroatoms. The van der Waals surface area contributed by atoms with Gasteiger partial charge in [0.05, 0.1) is 5.71 Å². The summed E-state index contributed by atoms with van der Waals surface area (Å²) in [5, 5.41) is 12.4. The fraction of sp³-hybridized carbons (Fsp3) is 0.133. The first-order valence-corrected chi connectivity index (χ1v) is 5.72. The summed E-state index contributed by atoms with van der Waals surface area (Å²) in [4.78, 5) is 0. The molecule has 1 N–H and O–H groups in total. The summed E-state index contributed by atoms with van der Waals surface area (Å²) in [7, 11) is 0. The Hall–Kier alpha value is -2.09. The Labute approximate surface area is 101 Å². The highest BCUT2D eigenvalue weighted by Gasteiger charge is 2.08. The summed E-state index contributed by atoms with van der Waals surface area (Å²) in [6.07, 6.45) is 0.709. The van der Waals surface area contributed by atoms with Gasteiger partial charge in [-0.25, -0.2) is 0 Å². The van der Waals surface area contributed by atoms with E-state index in [1.54, 1.807) is 0 Å². The maximum Gasteiger partial charge on any atom is 0.0871 e. The first kappa shape index (κ1) is 11.4. The third-order valence-electron chi connectivity index (χ3n) is 2.78. The summed E-state index contributed by atoms with van der Waals surface area (Å²) < 4.78 is 0. The molecule has 0 amide bonds. The molecule has 0 heterocycles. The minimum Gasteiger partial charge on any atom is -0.411 e. The molecule has 0 aromatic heterocycles. The molecule has 0 bridgehead atoms. The number of hydrogen-bond acceptors (Lipinski definition) is 2. The third-order valence-corrected chi connectivity index (χ3v) is 2.78. The molecular formula is C15H15NO. The van der Waals surface area contributed by atoms with Crippen molar-refractivity contribution >= 4 is 5.71 Å². The Balaban J connectivity index is 2.56. The van der Waals surface area contributed by atoms with Crippen LogP contribution in [0.5, 0.6) is 0 Å². The van der Waals surface area contributed by atoms with Gasteiger partial charge in [-0.15, -0.1) is 0 Å². The second-order valence-electron chi connectivity index (χ2n) is 3.81. The van der Waals surface area contributed by atoms with Gasteiger partial charge >= 0.3 is 0 Å². The van der Waals surface area contributed by atoms with Crippen LogP contribution in [-0.2, 0) is 0 Å². The van der Waals surface area contributed by atoms with Crippen molar-refractivity contribution in [3.8, 4) is 11.1 Å². The fourth-order valence-corrected chi connectivity index (χ4v) is 1.92. The quantitative estimate of drug-likeness (QED) is 0.479. The molecule has 0 atom stereocenters. The molecule has 0 saturated carbocycles. The summed E-state index contributed by atoms with van der Waals surface area (Å²) in [5.74, 6) is 0. The van der Waals surface area contributed by atoms with Crippen molar-refractivity contribution in [2.24, 2.45) is 5.16 Å². The highest BCUT2D eigenvalue weighted by atomic mass is 16.4. The molecule has 2 aromatic rings. The first-order valence-electron chi connectivity index (χ1n) is 5.72. The fourth-order valence-electron chi connectivity index (χ4n) is 1.92. The zero-order chi connectivity index (χ0) is 12.1. The number of nitrogens with zero attached hydrogens (tertiary/aromatic N) is 1. The van der Waals surface area contributed by atoms with Crippen molar-refractivity contribution in [3.05, 3.63) is 60.2 Å². The van der Waals surface area contributed by atoms with Crippen LogP contribution in [-0.4, -0.2) is 10.9 Å². The summed E-state index contributed by atoms with van der Waals surface area (Å²) >= 11 is 0. The molecule has 0 unspecified atom stereocenters. The van der Waals surface area contributed by atoms with Crippen molar-refractivity contribution in [3.63, 3.8) is 0 Å². The molecule has 2 nitrogen and oxygen atoms in total. The number of hydrogen-bond donors (Lipinski definition) is 1. The van der Waals surface area contributed by atoms with Gasteiger partial charge in [-0.2, -0.15) is 0 Å². The van der Waals surface area contributed by atoms with Gasteiger partial charge in [0.15, 0.2) is 0 Å². The van der Waals surface area contributed by atoms with Crippen LogP contribution in [0.2, 0.25) is 0 Å². The third kappa shape index (κ3) is 2.36. The van der Waals surface area contributed by atoms with E-state index in [1.807, 2.05) is 49.4 Å². The van der Waals surface area contributed by atoms with Crippen LogP contribution in [0.25, 0.3) is 11.1 Å². The van der Waals surface area contributed by atoms with Gasteiger partial charge in [-0.3, -0.25) is 0 Å². The lowest BCUT2D eigenvalue weighted by molar-refractivity contribution is 0.318. The molecule has 2 aromatic carbocycles. The van der Waals surface area contributed by atoms with Gasteiger partial charge in [0.2, 0.25) is 0 Å². The smallest absolute Gasteiger partial charge is 0.0871 e. The Morgan fingerprint density at radius 1 is 1.00 bits per heavy atom. The molecule has 17 heavy (non-hydrogen) atoms. The van der Waals surface area contributed by atoms with Gasteiger partial charge in [0.25, 0.3) is 0 Å². The van der Waals surface area contributed by atoms with E-state index in [4.69, 9.17) is 5.21 Å². The number of oxime groups is 1. The van der Waals surface area contributed by atoms with Crippen molar-refractivity contribution in [1.29, 1.82) is 0 Å². The lowest BCUT2D eigenvalue weighted by Crippen LogP contribution is -2.01. The predicted octanol–water partition coefficient (Wildman–Crippen LogP) is 3.94. The van der Waals surface area contributed by atoms with E-state index in [0.717, 1.165) is 16.7 Å².